The van der Waals surface area contributed by atoms with Gasteiger partial charge in [-0.05, 0) is 11.0 Å². The predicted molar refractivity (Wildman–Crippen MR) is 54.7 cm³/mol. The minimum Gasteiger partial charge on any atom is -0.0671 e. The lowest BCUT2D eigenvalue weighted by molar-refractivity contribution is 0.594. The first-order chi connectivity index (χ1) is 5.02. The lowest BCUT2D eigenvalue weighted by Gasteiger charge is -2.21. The van der Waals surface area contributed by atoms with Gasteiger partial charge in [-0.15, -0.1) is 0 Å². The van der Waals surface area contributed by atoms with Crippen LogP contribution in [0.1, 0.15) is 26.3 Å². The van der Waals surface area contributed by atoms with Gasteiger partial charge >= 0.3 is 0 Å². The zero-order valence-electron chi connectivity index (χ0n) is 7.81. The summed E-state index contributed by atoms with van der Waals surface area (Å²) in [6.45, 7) is 6.80. The van der Waals surface area contributed by atoms with Gasteiger partial charge in [0.25, 0.3) is 0 Å². The van der Waals surface area contributed by atoms with E-state index in [1.165, 1.54) is 10.8 Å². The first kappa shape index (κ1) is 8.53. The molecule has 0 aromatic heterocycles. The monoisotopic (exact) mass is 164 g/mol. The molecule has 0 aliphatic carbocycles. The van der Waals surface area contributed by atoms with Crippen LogP contribution >= 0.6 is 0 Å². The maximum atomic E-state index is 2.27. The molecule has 0 saturated heterocycles. The second kappa shape index (κ2) is 2.82. The normalized spacial score (nSPS) is 11.9. The maximum Gasteiger partial charge on any atom is 0.0388 e. The second-order valence-electron chi connectivity index (χ2n) is 4.06. The van der Waals surface area contributed by atoms with Gasteiger partial charge in [0, 0.05) is 10.2 Å². The summed E-state index contributed by atoms with van der Waals surface area (Å²) in [6.07, 6.45) is 0. The van der Waals surface area contributed by atoms with Crippen LogP contribution < -0.4 is 5.19 Å². The van der Waals surface area contributed by atoms with Crippen molar-refractivity contribution in [3.8, 4) is 0 Å². The van der Waals surface area contributed by atoms with Crippen molar-refractivity contribution in [2.75, 3.05) is 0 Å². The van der Waals surface area contributed by atoms with E-state index in [9.17, 15) is 0 Å². The van der Waals surface area contributed by atoms with E-state index in [0.29, 0.717) is 5.41 Å². The summed E-state index contributed by atoms with van der Waals surface area (Å²) in [4.78, 5) is 0. The highest BCUT2D eigenvalue weighted by Gasteiger charge is 2.14. The molecule has 0 aliphatic rings. The molecule has 0 aliphatic heterocycles. The molecule has 0 radical (unpaired) electrons. The summed E-state index contributed by atoms with van der Waals surface area (Å²) >= 11 is 0. The van der Waals surface area contributed by atoms with Gasteiger partial charge in [-0.1, -0.05) is 50.2 Å². The maximum absolute atomic E-state index is 2.27. The van der Waals surface area contributed by atoms with Gasteiger partial charge in [0.15, 0.2) is 0 Å². The summed E-state index contributed by atoms with van der Waals surface area (Å²) < 4.78 is 0. The van der Waals surface area contributed by atoms with Crippen LogP contribution in [-0.2, 0) is 5.41 Å². The van der Waals surface area contributed by atoms with E-state index in [2.05, 4.69) is 45.0 Å². The van der Waals surface area contributed by atoms with Gasteiger partial charge in [0.05, 0.1) is 0 Å². The molecule has 0 heterocycles. The molecular weight excluding hydrogens is 148 g/mol. The number of rotatable bonds is 0. The molecule has 1 rings (SSSR count). The second-order valence-corrected chi connectivity index (χ2v) is 5.14. The van der Waals surface area contributed by atoms with Gasteiger partial charge in [0.2, 0.25) is 0 Å². The molecule has 0 atom stereocenters. The van der Waals surface area contributed by atoms with Crippen molar-refractivity contribution in [3.05, 3.63) is 29.8 Å². The van der Waals surface area contributed by atoms with Gasteiger partial charge < -0.3 is 0 Å². The minimum absolute atomic E-state index is 0.318. The Morgan fingerprint density at radius 1 is 1.09 bits per heavy atom. The van der Waals surface area contributed by atoms with E-state index < -0.39 is 0 Å². The van der Waals surface area contributed by atoms with E-state index in [-0.39, 0.29) is 0 Å². The van der Waals surface area contributed by atoms with Crippen LogP contribution in [0.2, 0.25) is 0 Å². The predicted octanol–water partition coefficient (Wildman–Crippen LogP) is 0.975. The average Bonchev–Trinajstić information content (AvgIpc) is 1.86. The average molecular weight is 164 g/mol. The van der Waals surface area contributed by atoms with Crippen molar-refractivity contribution in [1.82, 2.24) is 0 Å². The van der Waals surface area contributed by atoms with Crippen molar-refractivity contribution in [2.24, 2.45) is 0 Å². The molecule has 1 aromatic carbocycles. The summed E-state index contributed by atoms with van der Waals surface area (Å²) in [5.74, 6) is 0. The molecule has 1 aromatic rings. The van der Waals surface area contributed by atoms with Crippen molar-refractivity contribution in [3.63, 3.8) is 0 Å². The Bertz CT molecular complexity index is 245. The summed E-state index contributed by atoms with van der Waals surface area (Å²) in [5, 5.41) is 1.53. The fraction of sp³-hybridized carbons (Fsp3) is 0.400. The molecule has 11 heavy (non-hydrogen) atoms. The van der Waals surface area contributed by atoms with E-state index in [1.54, 1.807) is 0 Å². The molecule has 0 fully saturated rings. The Labute approximate surface area is 72.1 Å². The quantitative estimate of drug-likeness (QED) is 0.501. The first-order valence-electron chi connectivity index (χ1n) is 4.08. The van der Waals surface area contributed by atoms with Crippen molar-refractivity contribution < 1.29 is 0 Å². The largest absolute Gasteiger partial charge is 0.0671 e. The summed E-state index contributed by atoms with van der Waals surface area (Å²) in [6, 6.07) is 8.72. The van der Waals surface area contributed by atoms with Crippen LogP contribution in [0, 0.1) is 0 Å². The topological polar surface area (TPSA) is 0 Å². The highest BCUT2D eigenvalue weighted by atomic mass is 28.1. The summed E-state index contributed by atoms with van der Waals surface area (Å²) in [7, 11) is 1.16. The fourth-order valence-corrected chi connectivity index (χ4v) is 2.52. The van der Waals surface area contributed by atoms with Crippen LogP contribution in [-0.4, -0.2) is 10.2 Å². The Balaban J connectivity index is 3.14. The Morgan fingerprint density at radius 3 is 2.00 bits per heavy atom. The smallest absolute Gasteiger partial charge is 0.0388 e. The van der Waals surface area contributed by atoms with Gasteiger partial charge in [-0.2, -0.15) is 0 Å². The Morgan fingerprint density at radius 2 is 1.64 bits per heavy atom. The van der Waals surface area contributed by atoms with Crippen LogP contribution in [0.3, 0.4) is 0 Å². The lowest BCUT2D eigenvalue weighted by atomic mass is 9.87. The lowest BCUT2D eigenvalue weighted by Crippen LogP contribution is -2.22. The van der Waals surface area contributed by atoms with Gasteiger partial charge in [-0.25, -0.2) is 0 Å². The van der Waals surface area contributed by atoms with Crippen LogP contribution in [0.25, 0.3) is 0 Å². The van der Waals surface area contributed by atoms with E-state index in [1.807, 2.05) is 0 Å². The number of hydrogen-bond acceptors (Lipinski definition) is 0. The zero-order chi connectivity index (χ0) is 8.48. The molecule has 60 valence electrons. The van der Waals surface area contributed by atoms with Crippen molar-refractivity contribution in [1.29, 1.82) is 0 Å². The molecular formula is C10H16Si. The Hall–Kier alpha value is -0.563. The third kappa shape index (κ3) is 1.93. The van der Waals surface area contributed by atoms with E-state index >= 15 is 0 Å². The van der Waals surface area contributed by atoms with E-state index in [4.69, 9.17) is 0 Å². The van der Waals surface area contributed by atoms with Crippen LogP contribution in [0.5, 0.6) is 0 Å². The molecule has 0 N–H and O–H groups in total. The van der Waals surface area contributed by atoms with Crippen LogP contribution in [0.4, 0.5) is 0 Å². The fourth-order valence-electron chi connectivity index (χ4n) is 1.41. The molecule has 0 bridgehead atoms. The third-order valence-corrected chi connectivity index (χ3v) is 2.83. The highest BCUT2D eigenvalue weighted by molar-refractivity contribution is 6.33. The SMILES string of the molecule is CC(C)(C)c1ccccc1[SiH3]. The molecule has 0 nitrogen and oxygen atoms in total. The van der Waals surface area contributed by atoms with E-state index in [0.717, 1.165) is 10.2 Å². The third-order valence-electron chi connectivity index (χ3n) is 1.95. The minimum atomic E-state index is 0.318. The standard InChI is InChI=1S/C10H16Si/c1-10(2,3)8-6-4-5-7-9(8)11/h4-7H,1-3,11H3. The molecule has 0 amide bonds. The number of benzene rings is 1. The molecule has 0 spiro atoms. The molecule has 0 saturated carbocycles. The highest BCUT2D eigenvalue weighted by Crippen LogP contribution is 2.18. The van der Waals surface area contributed by atoms with Crippen molar-refractivity contribution >= 4 is 15.4 Å². The number of hydrogen-bond donors (Lipinski definition) is 0. The van der Waals surface area contributed by atoms with Crippen molar-refractivity contribution in [2.45, 2.75) is 26.2 Å². The molecule has 0 unspecified atom stereocenters. The Kier molecular flexibility index (Phi) is 2.19. The summed E-state index contributed by atoms with van der Waals surface area (Å²) in [5.41, 5.74) is 1.82. The first-order valence-corrected chi connectivity index (χ1v) is 5.08. The van der Waals surface area contributed by atoms with Gasteiger partial charge in [0.1, 0.15) is 0 Å². The molecule has 1 heteroatoms. The van der Waals surface area contributed by atoms with Crippen LogP contribution in [0.15, 0.2) is 24.3 Å². The van der Waals surface area contributed by atoms with Gasteiger partial charge in [-0.3, -0.25) is 0 Å². The zero-order valence-corrected chi connectivity index (χ0v) is 9.81.